The summed E-state index contributed by atoms with van der Waals surface area (Å²) in [6.07, 6.45) is 2.39. The first kappa shape index (κ1) is 12.1. The summed E-state index contributed by atoms with van der Waals surface area (Å²) in [4.78, 5) is 0. The molecule has 1 N–H and O–H groups in total. The third-order valence-corrected chi connectivity index (χ3v) is 0.888. The minimum atomic E-state index is -3.94. The van der Waals surface area contributed by atoms with E-state index >= 15 is 0 Å². The van der Waals surface area contributed by atoms with Crippen molar-refractivity contribution in [2.75, 3.05) is 0 Å². The van der Waals surface area contributed by atoms with Crippen LogP contribution in [-0.2, 0) is 10.1 Å². The topological polar surface area (TPSA) is 54.4 Å². The Hall–Kier alpha value is 0.390. The first-order chi connectivity index (χ1) is 3.56. The van der Waals surface area contributed by atoms with Crippen LogP contribution in [0, 0.1) is 0 Å². The van der Waals surface area contributed by atoms with E-state index in [1.807, 2.05) is 0 Å². The molecule has 0 aliphatic heterocycles. The normalized spacial score (nSPS) is 10.8. The number of allylic oxidation sites excluding steroid dienone is 2. The Kier molecular flexibility index (Phi) is 6.99. The number of hydrogen-bond acceptors (Lipinski definition) is 2. The van der Waals surface area contributed by atoms with Gasteiger partial charge >= 0.3 is 29.6 Å². The second-order valence-electron chi connectivity index (χ2n) is 1.08. The van der Waals surface area contributed by atoms with E-state index in [4.69, 9.17) is 4.55 Å². The van der Waals surface area contributed by atoms with Crippen molar-refractivity contribution in [1.82, 2.24) is 0 Å². The van der Waals surface area contributed by atoms with Crippen molar-refractivity contribution in [1.29, 1.82) is 0 Å². The van der Waals surface area contributed by atoms with Crippen LogP contribution in [-0.4, -0.2) is 42.5 Å². The van der Waals surface area contributed by atoms with Crippen molar-refractivity contribution >= 4 is 39.7 Å². The molecule has 0 aliphatic carbocycles. The molecule has 0 atom stereocenters. The molecule has 0 aromatic rings. The Morgan fingerprint density at radius 1 is 1.44 bits per heavy atom. The molecule has 0 rings (SSSR count). The first-order valence-corrected chi connectivity index (χ1v) is 3.33. The first-order valence-electron chi connectivity index (χ1n) is 1.83. The second-order valence-corrected chi connectivity index (χ2v) is 2.38. The maximum absolute atomic E-state index is 9.81. The molecular formula is C4H7NaO3S. The van der Waals surface area contributed by atoms with E-state index in [0.29, 0.717) is 5.41 Å². The fourth-order valence-electron chi connectivity index (χ4n) is 0.155. The SMILES string of the molecule is C=CC=CS(=O)(=O)O.[NaH]. The quantitative estimate of drug-likeness (QED) is 0.347. The van der Waals surface area contributed by atoms with Gasteiger partial charge < -0.3 is 0 Å². The molecule has 0 aromatic heterocycles. The molecule has 48 valence electrons. The molecule has 0 bridgehead atoms. The molecular weight excluding hydrogens is 151 g/mol. The molecule has 0 spiro atoms. The van der Waals surface area contributed by atoms with Gasteiger partial charge in [0.25, 0.3) is 10.1 Å². The van der Waals surface area contributed by atoms with Crippen LogP contribution in [0.5, 0.6) is 0 Å². The summed E-state index contributed by atoms with van der Waals surface area (Å²) in [5.74, 6) is 0. The molecule has 0 aromatic carbocycles. The van der Waals surface area contributed by atoms with Gasteiger partial charge in [-0.3, -0.25) is 4.55 Å². The Bertz CT molecular complexity index is 192. The molecule has 5 heteroatoms. The molecule has 0 saturated carbocycles. The van der Waals surface area contributed by atoms with Crippen molar-refractivity contribution in [2.24, 2.45) is 0 Å². The zero-order valence-electron chi connectivity index (χ0n) is 4.11. The summed E-state index contributed by atoms with van der Waals surface area (Å²) in [6.45, 7) is 3.20. The monoisotopic (exact) mass is 158 g/mol. The van der Waals surface area contributed by atoms with Crippen LogP contribution < -0.4 is 0 Å². The average Bonchev–Trinajstić information content (AvgIpc) is 1.59. The van der Waals surface area contributed by atoms with E-state index in [0.717, 1.165) is 6.08 Å². The molecule has 9 heavy (non-hydrogen) atoms. The third kappa shape index (κ3) is 11.8. The van der Waals surface area contributed by atoms with Crippen LogP contribution in [0.1, 0.15) is 0 Å². The summed E-state index contributed by atoms with van der Waals surface area (Å²) in [6, 6.07) is 0. The van der Waals surface area contributed by atoms with Crippen LogP contribution in [0.15, 0.2) is 24.1 Å². The summed E-state index contributed by atoms with van der Waals surface area (Å²) in [5.41, 5.74) is 0. The molecule has 3 nitrogen and oxygen atoms in total. The average molecular weight is 158 g/mol. The van der Waals surface area contributed by atoms with Gasteiger partial charge in [0.2, 0.25) is 0 Å². The number of hydrogen-bond donors (Lipinski definition) is 1. The summed E-state index contributed by atoms with van der Waals surface area (Å²) < 4.78 is 27.6. The van der Waals surface area contributed by atoms with Crippen molar-refractivity contribution < 1.29 is 13.0 Å². The molecule has 0 unspecified atom stereocenters. The van der Waals surface area contributed by atoms with Gasteiger partial charge in [0, 0.05) is 0 Å². The van der Waals surface area contributed by atoms with Gasteiger partial charge in [-0.15, -0.1) is 0 Å². The zero-order chi connectivity index (χ0) is 6.62. The summed E-state index contributed by atoms with van der Waals surface area (Å²) in [5, 5.41) is 0.653. The van der Waals surface area contributed by atoms with Crippen molar-refractivity contribution in [2.45, 2.75) is 0 Å². The molecule has 0 saturated heterocycles. The zero-order valence-corrected chi connectivity index (χ0v) is 4.93. The molecule has 0 fully saturated rings. The van der Waals surface area contributed by atoms with Crippen LogP contribution >= 0.6 is 0 Å². The Balaban J connectivity index is 0. The van der Waals surface area contributed by atoms with Gasteiger partial charge in [0.05, 0.1) is 5.41 Å². The van der Waals surface area contributed by atoms with Gasteiger partial charge in [-0.05, 0) is 6.08 Å². The Morgan fingerprint density at radius 2 is 1.89 bits per heavy atom. The Morgan fingerprint density at radius 3 is 2.00 bits per heavy atom. The fourth-order valence-corrected chi connectivity index (χ4v) is 0.465. The molecule has 0 aliphatic rings. The van der Waals surface area contributed by atoms with E-state index in [2.05, 4.69) is 6.58 Å². The van der Waals surface area contributed by atoms with Crippen molar-refractivity contribution in [3.05, 3.63) is 24.1 Å². The van der Waals surface area contributed by atoms with Crippen molar-refractivity contribution in [3.8, 4) is 0 Å². The molecule has 0 radical (unpaired) electrons. The predicted molar refractivity (Wildman–Crippen MR) is 38.0 cm³/mol. The van der Waals surface area contributed by atoms with E-state index in [9.17, 15) is 8.42 Å². The third-order valence-electron chi connectivity index (χ3n) is 0.387. The van der Waals surface area contributed by atoms with Crippen LogP contribution in [0.25, 0.3) is 0 Å². The van der Waals surface area contributed by atoms with E-state index in [1.54, 1.807) is 0 Å². The van der Waals surface area contributed by atoms with Gasteiger partial charge in [-0.2, -0.15) is 8.42 Å². The second kappa shape index (κ2) is 5.20. The predicted octanol–water partition coefficient (Wildman–Crippen LogP) is -0.0746. The Labute approximate surface area is 76.5 Å². The molecule has 0 heterocycles. The van der Waals surface area contributed by atoms with Crippen LogP contribution in [0.4, 0.5) is 0 Å². The molecule has 0 amide bonds. The van der Waals surface area contributed by atoms with Crippen LogP contribution in [0.3, 0.4) is 0 Å². The summed E-state index contributed by atoms with van der Waals surface area (Å²) in [7, 11) is -3.94. The van der Waals surface area contributed by atoms with Gasteiger partial charge in [-0.1, -0.05) is 12.7 Å². The van der Waals surface area contributed by atoms with Gasteiger partial charge in [-0.25, -0.2) is 0 Å². The van der Waals surface area contributed by atoms with Crippen molar-refractivity contribution in [3.63, 3.8) is 0 Å². The summed E-state index contributed by atoms with van der Waals surface area (Å²) >= 11 is 0. The standard InChI is InChI=1S/C4H6O3S.Na.H/c1-2-3-4-8(5,6)7;;/h2-4H,1H2,(H,5,6,7);;. The van der Waals surface area contributed by atoms with E-state index in [1.165, 1.54) is 6.08 Å². The van der Waals surface area contributed by atoms with Gasteiger partial charge in [0.1, 0.15) is 0 Å². The fraction of sp³-hybridized carbons (Fsp3) is 0. The number of rotatable bonds is 2. The van der Waals surface area contributed by atoms with E-state index < -0.39 is 10.1 Å². The van der Waals surface area contributed by atoms with Crippen LogP contribution in [0.2, 0.25) is 0 Å². The maximum atomic E-state index is 9.81. The van der Waals surface area contributed by atoms with Gasteiger partial charge in [0.15, 0.2) is 0 Å². The van der Waals surface area contributed by atoms with E-state index in [-0.39, 0.29) is 29.6 Å². The minimum absolute atomic E-state index is 0.